The van der Waals surface area contributed by atoms with Crippen LogP contribution in [0.5, 0.6) is 0 Å². The number of carbonyl (C=O) groups excluding carboxylic acids is 2. The molecule has 0 N–H and O–H groups in total. The summed E-state index contributed by atoms with van der Waals surface area (Å²) in [6.07, 6.45) is 1.28. The second-order valence-corrected chi connectivity index (χ2v) is 4.99. The van der Waals surface area contributed by atoms with Crippen LogP contribution >= 0.6 is 22.9 Å². The Bertz CT molecular complexity index is 795. The van der Waals surface area contributed by atoms with E-state index in [-0.39, 0.29) is 5.82 Å². The molecule has 2 heterocycles. The van der Waals surface area contributed by atoms with Gasteiger partial charge in [0, 0.05) is 11.1 Å². The Labute approximate surface area is 115 Å². The molecular formula is C11H5ClN4O2S. The van der Waals surface area contributed by atoms with Crippen molar-refractivity contribution in [2.75, 3.05) is 0 Å². The lowest BCUT2D eigenvalue weighted by Crippen LogP contribution is -1.93. The maximum absolute atomic E-state index is 10.7. The summed E-state index contributed by atoms with van der Waals surface area (Å²) in [5.41, 5.74) is 1.17. The van der Waals surface area contributed by atoms with Crippen molar-refractivity contribution in [1.29, 1.82) is 0 Å². The van der Waals surface area contributed by atoms with Crippen LogP contribution < -0.4 is 0 Å². The number of rotatable bonds is 3. The van der Waals surface area contributed by atoms with Crippen LogP contribution in [0.3, 0.4) is 0 Å². The number of hydrogen-bond donors (Lipinski definition) is 0. The molecule has 1 aromatic carbocycles. The number of aromatic nitrogens is 4. The molecule has 0 saturated heterocycles. The molecule has 2 aromatic heterocycles. The summed E-state index contributed by atoms with van der Waals surface area (Å²) in [4.78, 5) is 22.0. The molecule has 3 rings (SSSR count). The van der Waals surface area contributed by atoms with Crippen LogP contribution in [0.1, 0.15) is 21.0 Å². The molecule has 0 aliphatic heterocycles. The minimum Gasteiger partial charge on any atom is -0.298 e. The molecule has 0 atom stereocenters. The zero-order valence-electron chi connectivity index (χ0n) is 9.28. The van der Waals surface area contributed by atoms with Crippen molar-refractivity contribution in [3.8, 4) is 10.6 Å². The summed E-state index contributed by atoms with van der Waals surface area (Å²) in [7, 11) is 0. The smallest absolute Gasteiger partial charge is 0.235 e. The van der Waals surface area contributed by atoms with E-state index in [0.29, 0.717) is 33.1 Å². The lowest BCUT2D eigenvalue weighted by atomic mass is 10.1. The Morgan fingerprint density at radius 1 is 1.21 bits per heavy atom. The van der Waals surface area contributed by atoms with Gasteiger partial charge in [-0.2, -0.15) is 9.61 Å². The minimum absolute atomic E-state index is 0.146. The molecule has 0 aliphatic carbocycles. The average molecular weight is 293 g/mol. The molecular weight excluding hydrogens is 288 g/mol. The van der Waals surface area contributed by atoms with E-state index in [1.807, 2.05) is 0 Å². The Balaban J connectivity index is 2.13. The highest BCUT2D eigenvalue weighted by atomic mass is 35.5. The number of hydrogen-bond acceptors (Lipinski definition) is 6. The van der Waals surface area contributed by atoms with Crippen molar-refractivity contribution in [3.05, 3.63) is 34.6 Å². The second-order valence-electron chi connectivity index (χ2n) is 3.63. The van der Waals surface area contributed by atoms with E-state index < -0.39 is 0 Å². The average Bonchev–Trinajstić information content (AvgIpc) is 2.98. The molecule has 0 spiro atoms. The first kappa shape index (κ1) is 11.9. The minimum atomic E-state index is 0.146. The summed E-state index contributed by atoms with van der Waals surface area (Å²) >= 11 is 7.25. The van der Waals surface area contributed by atoms with Crippen LogP contribution in [-0.4, -0.2) is 32.4 Å². The number of nitrogens with zero attached hydrogens (tertiary/aromatic N) is 4. The van der Waals surface area contributed by atoms with E-state index >= 15 is 0 Å². The quantitative estimate of drug-likeness (QED) is 0.691. The third kappa shape index (κ3) is 1.92. The summed E-state index contributed by atoms with van der Waals surface area (Å²) in [5.74, 6) is 0.146. The second kappa shape index (κ2) is 4.52. The van der Waals surface area contributed by atoms with Gasteiger partial charge in [-0.1, -0.05) is 29.0 Å². The Morgan fingerprint density at radius 3 is 2.74 bits per heavy atom. The lowest BCUT2D eigenvalue weighted by molar-refractivity contribution is 0.110. The van der Waals surface area contributed by atoms with Crippen molar-refractivity contribution in [1.82, 2.24) is 19.8 Å². The van der Waals surface area contributed by atoms with Crippen molar-refractivity contribution < 1.29 is 9.59 Å². The van der Waals surface area contributed by atoms with Gasteiger partial charge in [-0.3, -0.25) is 9.59 Å². The number of carbonyl (C=O) groups is 2. The number of halogens is 1. The predicted molar refractivity (Wildman–Crippen MR) is 69.9 cm³/mol. The fraction of sp³-hybridized carbons (Fsp3) is 0. The van der Waals surface area contributed by atoms with Crippen LogP contribution in [-0.2, 0) is 0 Å². The number of aldehydes is 2. The molecule has 8 heteroatoms. The summed E-state index contributed by atoms with van der Waals surface area (Å²) in [5, 5.41) is 12.8. The highest BCUT2D eigenvalue weighted by molar-refractivity contribution is 7.19. The third-order valence-corrected chi connectivity index (χ3v) is 3.77. The number of fused-ring (bicyclic) bond motifs is 1. The Kier molecular flexibility index (Phi) is 2.84. The normalized spacial score (nSPS) is 10.8. The molecule has 19 heavy (non-hydrogen) atoms. The SMILES string of the molecule is O=Cc1ccc(-c2nn3c(C=O)nnc3s2)cc1Cl. The summed E-state index contributed by atoms with van der Waals surface area (Å²) in [6.45, 7) is 0. The van der Waals surface area contributed by atoms with Gasteiger partial charge in [-0.15, -0.1) is 10.2 Å². The Hall–Kier alpha value is -2.12. The van der Waals surface area contributed by atoms with Crippen LogP contribution in [0.25, 0.3) is 15.5 Å². The van der Waals surface area contributed by atoms with Crippen LogP contribution in [0, 0.1) is 0 Å². The fourth-order valence-electron chi connectivity index (χ4n) is 1.58. The van der Waals surface area contributed by atoms with Gasteiger partial charge < -0.3 is 0 Å². The molecule has 0 radical (unpaired) electrons. The van der Waals surface area contributed by atoms with Gasteiger partial charge in [0.2, 0.25) is 10.8 Å². The molecule has 0 amide bonds. The monoisotopic (exact) mass is 292 g/mol. The molecule has 6 nitrogen and oxygen atoms in total. The molecule has 0 fully saturated rings. The lowest BCUT2D eigenvalue weighted by Gasteiger charge is -1.98. The molecule has 0 saturated carbocycles. The molecule has 0 aliphatic rings. The first-order valence-electron chi connectivity index (χ1n) is 5.15. The number of benzene rings is 1. The maximum Gasteiger partial charge on any atom is 0.235 e. The van der Waals surface area contributed by atoms with Crippen LogP contribution in [0.2, 0.25) is 5.02 Å². The van der Waals surface area contributed by atoms with Gasteiger partial charge in [0.1, 0.15) is 5.01 Å². The van der Waals surface area contributed by atoms with E-state index in [1.54, 1.807) is 18.2 Å². The maximum atomic E-state index is 10.7. The third-order valence-electron chi connectivity index (χ3n) is 2.49. The molecule has 3 aromatic rings. The van der Waals surface area contributed by atoms with E-state index in [1.165, 1.54) is 15.9 Å². The molecule has 0 bridgehead atoms. The van der Waals surface area contributed by atoms with Crippen molar-refractivity contribution in [3.63, 3.8) is 0 Å². The van der Waals surface area contributed by atoms with E-state index in [0.717, 1.165) is 5.56 Å². The van der Waals surface area contributed by atoms with Gasteiger partial charge in [-0.25, -0.2) is 0 Å². The van der Waals surface area contributed by atoms with E-state index in [9.17, 15) is 9.59 Å². The van der Waals surface area contributed by atoms with Gasteiger partial charge in [0.05, 0.1) is 5.02 Å². The van der Waals surface area contributed by atoms with Gasteiger partial charge in [0.15, 0.2) is 12.6 Å². The van der Waals surface area contributed by atoms with E-state index in [2.05, 4.69) is 15.3 Å². The molecule has 94 valence electrons. The Morgan fingerprint density at radius 2 is 2.05 bits per heavy atom. The van der Waals surface area contributed by atoms with Crippen LogP contribution in [0.4, 0.5) is 0 Å². The highest BCUT2D eigenvalue weighted by Gasteiger charge is 2.13. The first-order chi connectivity index (χ1) is 9.22. The highest BCUT2D eigenvalue weighted by Crippen LogP contribution is 2.28. The summed E-state index contributed by atoms with van der Waals surface area (Å²) in [6, 6.07) is 5.01. The summed E-state index contributed by atoms with van der Waals surface area (Å²) < 4.78 is 1.37. The fourth-order valence-corrected chi connectivity index (χ4v) is 2.65. The van der Waals surface area contributed by atoms with Crippen LogP contribution in [0.15, 0.2) is 18.2 Å². The van der Waals surface area contributed by atoms with Crippen molar-refractivity contribution in [2.45, 2.75) is 0 Å². The van der Waals surface area contributed by atoms with Gasteiger partial charge in [0.25, 0.3) is 0 Å². The zero-order chi connectivity index (χ0) is 13.4. The van der Waals surface area contributed by atoms with E-state index in [4.69, 9.17) is 11.6 Å². The van der Waals surface area contributed by atoms with Gasteiger partial charge in [-0.05, 0) is 12.1 Å². The first-order valence-corrected chi connectivity index (χ1v) is 6.35. The largest absolute Gasteiger partial charge is 0.298 e. The predicted octanol–water partition coefficient (Wildman–Crippen LogP) is 2.13. The van der Waals surface area contributed by atoms with Crippen molar-refractivity contribution in [2.24, 2.45) is 0 Å². The topological polar surface area (TPSA) is 77.2 Å². The standard InChI is InChI=1S/C11H5ClN4O2S/c12-8-3-6(1-2-7(8)4-17)10-15-16-9(5-18)13-14-11(16)19-10/h1-5H. The zero-order valence-corrected chi connectivity index (χ0v) is 10.9. The molecule has 0 unspecified atom stereocenters. The van der Waals surface area contributed by atoms with Crippen molar-refractivity contribution >= 4 is 40.5 Å². The van der Waals surface area contributed by atoms with Gasteiger partial charge >= 0.3 is 0 Å².